The Balaban J connectivity index is 1.57. The first-order valence-electron chi connectivity index (χ1n) is 11.1. The van der Waals surface area contributed by atoms with Crippen LogP contribution < -0.4 is 16.0 Å². The highest BCUT2D eigenvalue weighted by Crippen LogP contribution is 2.17. The van der Waals surface area contributed by atoms with Gasteiger partial charge in [0.2, 0.25) is 5.95 Å². The van der Waals surface area contributed by atoms with Crippen LogP contribution in [-0.4, -0.2) is 57.1 Å². The Morgan fingerprint density at radius 3 is 2.47 bits per heavy atom. The summed E-state index contributed by atoms with van der Waals surface area (Å²) in [6, 6.07) is 5.84. The number of halogens is 1. The second-order valence-electron chi connectivity index (χ2n) is 7.95. The van der Waals surface area contributed by atoms with Gasteiger partial charge in [0.05, 0.1) is 21.8 Å². The van der Waals surface area contributed by atoms with Crippen LogP contribution in [0.25, 0.3) is 0 Å². The molecule has 10 nitrogen and oxygen atoms in total. The molecule has 0 saturated carbocycles. The van der Waals surface area contributed by atoms with Crippen molar-refractivity contribution in [3.05, 3.63) is 68.9 Å². The van der Waals surface area contributed by atoms with Crippen molar-refractivity contribution in [2.45, 2.75) is 32.7 Å². The molecule has 0 bridgehead atoms. The van der Waals surface area contributed by atoms with Crippen molar-refractivity contribution >= 4 is 35.1 Å². The summed E-state index contributed by atoms with van der Waals surface area (Å²) in [7, 11) is 0. The lowest BCUT2D eigenvalue weighted by atomic mass is 10.1. The molecule has 5 N–H and O–H groups in total. The minimum atomic E-state index is -1.35. The Kier molecular flexibility index (Phi) is 8.90. The van der Waals surface area contributed by atoms with Gasteiger partial charge >= 0.3 is 5.97 Å². The van der Waals surface area contributed by atoms with Gasteiger partial charge in [-0.2, -0.15) is 0 Å². The van der Waals surface area contributed by atoms with Crippen molar-refractivity contribution < 1.29 is 29.0 Å². The van der Waals surface area contributed by atoms with Crippen molar-refractivity contribution in [1.29, 1.82) is 0 Å². The quantitative estimate of drug-likeness (QED) is 0.244. The molecule has 2 aromatic heterocycles. The lowest BCUT2D eigenvalue weighted by Gasteiger charge is -2.17. The zero-order valence-corrected chi connectivity index (χ0v) is 20.5. The number of phenolic OH excluding ortho intramolecular Hbond substituents is 1. The Labute approximate surface area is 210 Å². The van der Waals surface area contributed by atoms with E-state index in [1.54, 1.807) is 31.4 Å². The number of carboxylic acids is 1. The van der Waals surface area contributed by atoms with E-state index < -0.39 is 29.6 Å². The van der Waals surface area contributed by atoms with E-state index in [-0.39, 0.29) is 23.8 Å². The fourth-order valence-corrected chi connectivity index (χ4v) is 4.12. The van der Waals surface area contributed by atoms with Crippen LogP contribution in [0.15, 0.2) is 35.7 Å². The van der Waals surface area contributed by atoms with Crippen LogP contribution in [0.3, 0.4) is 0 Å². The molecule has 1 unspecified atom stereocenters. The molecule has 0 aliphatic heterocycles. The number of nitrogens with zero attached hydrogens (tertiary/aromatic N) is 2. The van der Waals surface area contributed by atoms with E-state index in [0.717, 1.165) is 0 Å². The van der Waals surface area contributed by atoms with E-state index in [0.29, 0.717) is 41.2 Å². The van der Waals surface area contributed by atoms with Gasteiger partial charge in [-0.3, -0.25) is 9.59 Å². The van der Waals surface area contributed by atoms with Gasteiger partial charge in [0.25, 0.3) is 11.8 Å². The number of hydrogen-bond donors (Lipinski definition) is 5. The van der Waals surface area contributed by atoms with Crippen molar-refractivity contribution in [3.63, 3.8) is 0 Å². The summed E-state index contributed by atoms with van der Waals surface area (Å²) in [5.74, 6) is -2.52. The number of phenols is 1. The number of rotatable bonds is 11. The maximum atomic E-state index is 13.8. The number of amides is 2. The maximum absolute atomic E-state index is 13.8. The van der Waals surface area contributed by atoms with Gasteiger partial charge in [0, 0.05) is 13.1 Å². The summed E-state index contributed by atoms with van der Waals surface area (Å²) in [6.45, 7) is 3.33. The predicted molar refractivity (Wildman–Crippen MR) is 132 cm³/mol. The molecule has 2 heterocycles. The van der Waals surface area contributed by atoms with Crippen LogP contribution in [0.4, 0.5) is 10.3 Å². The third-order valence-corrected chi connectivity index (χ3v) is 6.12. The molecule has 0 fully saturated rings. The average molecular weight is 516 g/mol. The van der Waals surface area contributed by atoms with Crippen LogP contribution in [0.1, 0.15) is 43.4 Å². The highest BCUT2D eigenvalue weighted by atomic mass is 32.1. The van der Waals surface area contributed by atoms with Gasteiger partial charge in [0.15, 0.2) is 0 Å². The fraction of sp³-hybridized carbons (Fsp3) is 0.292. The number of thiophene rings is 1. The molecule has 0 radical (unpaired) electrons. The highest BCUT2D eigenvalue weighted by Gasteiger charge is 2.24. The van der Waals surface area contributed by atoms with Gasteiger partial charge in [-0.15, -0.1) is 11.3 Å². The normalized spacial score (nSPS) is 11.5. The number of aromatic nitrogens is 2. The molecule has 3 aromatic rings. The van der Waals surface area contributed by atoms with E-state index in [2.05, 4.69) is 25.9 Å². The highest BCUT2D eigenvalue weighted by molar-refractivity contribution is 7.12. The molecule has 190 valence electrons. The van der Waals surface area contributed by atoms with Crippen LogP contribution in [0, 0.1) is 19.7 Å². The Bertz CT molecular complexity index is 1230. The second-order valence-corrected chi connectivity index (χ2v) is 8.90. The van der Waals surface area contributed by atoms with E-state index in [4.69, 9.17) is 0 Å². The summed E-state index contributed by atoms with van der Waals surface area (Å²) in [4.78, 5) is 45.5. The second kappa shape index (κ2) is 12.1. The molecule has 1 aromatic carbocycles. The summed E-state index contributed by atoms with van der Waals surface area (Å²) in [6.07, 6.45) is 0.937. The van der Waals surface area contributed by atoms with Crippen molar-refractivity contribution in [3.8, 4) is 5.75 Å². The molecular formula is C24H26FN5O5S. The standard InChI is InChI=1S/C24H26FN5O5S/c1-13-20(22(33)30-18(23(34)35)12-27-21(32)19-6-4-10-36-19)14(2)29-24(28-13)26-9-3-5-15-11-16(31)7-8-17(15)25/h4,6-8,10-11,18,31H,3,5,9,12H2,1-2H3,(H,27,32)(H,30,33)(H,34,35)(H,26,28,29). The molecule has 0 aliphatic carbocycles. The van der Waals surface area contributed by atoms with E-state index >= 15 is 0 Å². The Morgan fingerprint density at radius 2 is 1.83 bits per heavy atom. The number of carbonyl (C=O) groups excluding carboxylic acids is 2. The van der Waals surface area contributed by atoms with Crippen molar-refractivity contribution in [2.24, 2.45) is 0 Å². The number of nitrogens with one attached hydrogen (secondary N) is 3. The average Bonchev–Trinajstić information content (AvgIpc) is 3.36. The zero-order valence-electron chi connectivity index (χ0n) is 19.7. The SMILES string of the molecule is Cc1nc(NCCCc2cc(O)ccc2F)nc(C)c1C(=O)NC(CNC(=O)c1cccs1)C(=O)O. The Morgan fingerprint density at radius 1 is 1.11 bits per heavy atom. The monoisotopic (exact) mass is 515 g/mol. The van der Waals surface area contributed by atoms with Crippen LogP contribution >= 0.6 is 11.3 Å². The minimum absolute atomic E-state index is 0.00200. The van der Waals surface area contributed by atoms with Crippen molar-refractivity contribution in [1.82, 2.24) is 20.6 Å². The largest absolute Gasteiger partial charge is 0.508 e. The number of benzene rings is 1. The lowest BCUT2D eigenvalue weighted by molar-refractivity contribution is -0.139. The van der Waals surface area contributed by atoms with Gasteiger partial charge in [0.1, 0.15) is 17.6 Å². The molecule has 0 saturated heterocycles. The molecule has 36 heavy (non-hydrogen) atoms. The predicted octanol–water partition coefficient (Wildman–Crippen LogP) is 2.66. The van der Waals surface area contributed by atoms with Crippen LogP contribution in [-0.2, 0) is 11.2 Å². The van der Waals surface area contributed by atoms with Gasteiger partial charge in [-0.05, 0) is 61.9 Å². The number of aryl methyl sites for hydroxylation is 3. The molecule has 3 rings (SSSR count). The van der Waals surface area contributed by atoms with Crippen molar-refractivity contribution in [2.75, 3.05) is 18.4 Å². The maximum Gasteiger partial charge on any atom is 0.328 e. The molecule has 1 atom stereocenters. The molecule has 12 heteroatoms. The smallest absolute Gasteiger partial charge is 0.328 e. The van der Waals surface area contributed by atoms with E-state index in [1.165, 1.54) is 29.5 Å². The first-order valence-corrected chi connectivity index (χ1v) is 12.0. The molecular weight excluding hydrogens is 489 g/mol. The third-order valence-electron chi connectivity index (χ3n) is 5.25. The molecule has 0 aliphatic rings. The summed E-state index contributed by atoms with van der Waals surface area (Å²) in [5, 5.41) is 28.6. The lowest BCUT2D eigenvalue weighted by Crippen LogP contribution is -2.48. The fourth-order valence-electron chi connectivity index (χ4n) is 3.48. The van der Waals surface area contributed by atoms with Crippen LogP contribution in [0.5, 0.6) is 5.75 Å². The minimum Gasteiger partial charge on any atom is -0.508 e. The van der Waals surface area contributed by atoms with Gasteiger partial charge in [-0.25, -0.2) is 19.2 Å². The number of carbonyl (C=O) groups is 3. The van der Waals surface area contributed by atoms with Gasteiger partial charge in [-0.1, -0.05) is 6.07 Å². The molecule has 0 spiro atoms. The zero-order chi connectivity index (χ0) is 26.2. The summed E-state index contributed by atoms with van der Waals surface area (Å²) >= 11 is 1.22. The summed E-state index contributed by atoms with van der Waals surface area (Å²) < 4.78 is 13.8. The number of anilines is 1. The first kappa shape index (κ1) is 26.5. The van der Waals surface area contributed by atoms with E-state index in [9.17, 15) is 29.0 Å². The number of hydrogen-bond acceptors (Lipinski definition) is 8. The number of aromatic hydroxyl groups is 1. The topological polar surface area (TPSA) is 154 Å². The third kappa shape index (κ3) is 6.98. The first-order chi connectivity index (χ1) is 17.2. The Hall–Kier alpha value is -4.06. The number of aliphatic carboxylic acids is 1. The molecule has 2 amide bonds. The number of carboxylic acid groups (broad SMARTS) is 1. The van der Waals surface area contributed by atoms with Gasteiger partial charge < -0.3 is 26.2 Å². The van der Waals surface area contributed by atoms with Crippen LogP contribution in [0.2, 0.25) is 0 Å². The summed E-state index contributed by atoms with van der Waals surface area (Å²) in [5.41, 5.74) is 1.22. The van der Waals surface area contributed by atoms with E-state index in [1.807, 2.05) is 0 Å².